The number of carbonyl (C=O) groups excluding carboxylic acids is 2. The van der Waals surface area contributed by atoms with Crippen LogP contribution in [-0.2, 0) is 25.2 Å². The molecule has 3 heterocycles. The lowest BCUT2D eigenvalue weighted by Gasteiger charge is -2.42. The van der Waals surface area contributed by atoms with Crippen molar-refractivity contribution in [2.75, 3.05) is 64.3 Å². The molecule has 6 rings (SSSR count). The zero-order valence-corrected chi connectivity index (χ0v) is 30.6. The molecule has 0 aromatic heterocycles. The number of ether oxygens (including phenoxy) is 3. The monoisotopic (exact) mass is 745 g/mol. The molecule has 3 aromatic rings. The summed E-state index contributed by atoms with van der Waals surface area (Å²) in [6, 6.07) is 19.0. The SMILES string of the molecule is CCOc1ccccc1C1(OC(=O)N2CCN(C3CCN(C)CC3)CC2)C(=O)N(S(=O)(=O)c2cccc(C#N)c2)c2ccc(OC)cc21.Cl.Cl. The van der Waals surface area contributed by atoms with Crippen LogP contribution in [0.2, 0.25) is 0 Å². The molecule has 0 radical (unpaired) electrons. The van der Waals surface area contributed by atoms with Gasteiger partial charge in [-0.25, -0.2) is 13.2 Å². The molecule has 0 aliphatic carbocycles. The summed E-state index contributed by atoms with van der Waals surface area (Å²) in [5.74, 6) is -0.431. The number of carbonyl (C=O) groups is 2. The summed E-state index contributed by atoms with van der Waals surface area (Å²) in [7, 11) is -1.03. The largest absolute Gasteiger partial charge is 0.497 e. The van der Waals surface area contributed by atoms with E-state index in [9.17, 15) is 23.3 Å². The Bertz CT molecular complexity index is 1860. The molecule has 3 aliphatic rings. The molecule has 2 fully saturated rings. The van der Waals surface area contributed by atoms with E-state index < -0.39 is 27.6 Å². The van der Waals surface area contributed by atoms with Gasteiger partial charge in [-0.15, -0.1) is 24.8 Å². The van der Waals surface area contributed by atoms with Gasteiger partial charge in [-0.2, -0.15) is 9.57 Å². The summed E-state index contributed by atoms with van der Waals surface area (Å²) >= 11 is 0. The Morgan fingerprint density at radius 2 is 1.64 bits per heavy atom. The second-order valence-electron chi connectivity index (χ2n) is 12.1. The molecule has 268 valence electrons. The quantitative estimate of drug-likeness (QED) is 0.321. The number of rotatable bonds is 8. The average molecular weight is 747 g/mol. The number of halogens is 2. The van der Waals surface area contributed by atoms with E-state index in [1.165, 1.54) is 49.6 Å². The highest BCUT2D eigenvalue weighted by Crippen LogP contribution is 2.52. The van der Waals surface area contributed by atoms with Gasteiger partial charge in [0, 0.05) is 37.8 Å². The van der Waals surface area contributed by atoms with Crippen LogP contribution in [-0.4, -0.2) is 101 Å². The molecule has 1 atom stereocenters. The number of nitrogens with zero attached hydrogens (tertiary/aromatic N) is 5. The maximum atomic E-state index is 15.0. The van der Waals surface area contributed by atoms with E-state index >= 15 is 0 Å². The third-order valence-corrected chi connectivity index (χ3v) is 11.1. The predicted molar refractivity (Wildman–Crippen MR) is 192 cm³/mol. The number of fused-ring (bicyclic) bond motifs is 1. The topological polar surface area (TPSA) is 133 Å². The van der Waals surface area contributed by atoms with Gasteiger partial charge >= 0.3 is 6.09 Å². The van der Waals surface area contributed by atoms with Crippen LogP contribution in [0.4, 0.5) is 10.5 Å². The molecule has 1 unspecified atom stereocenters. The second-order valence-corrected chi connectivity index (χ2v) is 13.9. The molecule has 3 aliphatic heterocycles. The zero-order chi connectivity index (χ0) is 34.1. The number of anilines is 1. The van der Waals surface area contributed by atoms with E-state index in [4.69, 9.17) is 14.2 Å². The Labute approximate surface area is 305 Å². The van der Waals surface area contributed by atoms with Crippen molar-refractivity contribution in [1.29, 1.82) is 5.26 Å². The van der Waals surface area contributed by atoms with Gasteiger partial charge in [0.05, 0.1) is 41.5 Å². The number of piperidine rings is 1. The molecule has 0 bridgehead atoms. The van der Waals surface area contributed by atoms with Gasteiger partial charge in [-0.3, -0.25) is 9.69 Å². The Morgan fingerprint density at radius 3 is 2.30 bits per heavy atom. The lowest BCUT2D eigenvalue weighted by molar-refractivity contribution is -0.132. The van der Waals surface area contributed by atoms with Gasteiger partial charge in [0.1, 0.15) is 11.5 Å². The lowest BCUT2D eigenvalue weighted by Crippen LogP contribution is -2.55. The number of sulfonamides is 1. The molecular weight excluding hydrogens is 705 g/mol. The van der Waals surface area contributed by atoms with Crippen LogP contribution in [0.5, 0.6) is 11.5 Å². The standard InChI is InChI=1S/C35H39N5O7S.2ClH/c1-4-46-32-11-6-5-10-29(32)35(47-34(42)39-20-18-38(19-21-39)26-14-16-37(2)17-15-26)30-23-27(45-3)12-13-31(30)40(33(35)41)48(43,44)28-9-7-8-25(22-28)24-36;;/h5-13,22-23,26H,4,14-21H2,1-3H3;2*1H. The molecule has 15 heteroatoms. The van der Waals surface area contributed by atoms with Crippen molar-refractivity contribution in [2.45, 2.75) is 36.3 Å². The van der Waals surface area contributed by atoms with Gasteiger partial charge in [0.2, 0.25) is 5.60 Å². The van der Waals surface area contributed by atoms with Crippen LogP contribution in [0.3, 0.4) is 0 Å². The maximum absolute atomic E-state index is 15.0. The second kappa shape index (κ2) is 15.9. The number of methoxy groups -OCH3 is 1. The number of piperazine rings is 1. The minimum Gasteiger partial charge on any atom is -0.497 e. The van der Waals surface area contributed by atoms with Crippen molar-refractivity contribution in [3.63, 3.8) is 0 Å². The van der Waals surface area contributed by atoms with Gasteiger partial charge in [0.25, 0.3) is 15.9 Å². The van der Waals surface area contributed by atoms with E-state index in [1.807, 2.05) is 6.07 Å². The van der Waals surface area contributed by atoms with Gasteiger partial charge in [-0.05, 0) is 82.4 Å². The molecule has 2 amide bonds. The highest BCUT2D eigenvalue weighted by atomic mass is 35.5. The molecule has 12 nitrogen and oxygen atoms in total. The number of amides is 2. The van der Waals surface area contributed by atoms with Crippen molar-refractivity contribution in [3.8, 4) is 17.6 Å². The molecule has 0 spiro atoms. The average Bonchev–Trinajstić information content (AvgIpc) is 3.36. The van der Waals surface area contributed by atoms with Crippen molar-refractivity contribution < 1.29 is 32.2 Å². The summed E-state index contributed by atoms with van der Waals surface area (Å²) in [6.45, 7) is 6.15. The van der Waals surface area contributed by atoms with Gasteiger partial charge < -0.3 is 24.0 Å². The highest BCUT2D eigenvalue weighted by Gasteiger charge is 2.61. The molecule has 2 saturated heterocycles. The van der Waals surface area contributed by atoms with Gasteiger partial charge in [0.15, 0.2) is 0 Å². The van der Waals surface area contributed by atoms with E-state index in [1.54, 1.807) is 36.1 Å². The predicted octanol–water partition coefficient (Wildman–Crippen LogP) is 4.64. The van der Waals surface area contributed by atoms with E-state index in [-0.39, 0.29) is 64.4 Å². The number of hydrogen-bond acceptors (Lipinski definition) is 10. The third-order valence-electron chi connectivity index (χ3n) is 9.37. The molecule has 0 saturated carbocycles. The molecule has 3 aromatic carbocycles. The minimum absolute atomic E-state index is 0. The number of para-hydroxylation sites is 1. The van der Waals surface area contributed by atoms with E-state index in [0.29, 0.717) is 42.3 Å². The summed E-state index contributed by atoms with van der Waals surface area (Å²) in [5.41, 5.74) is -1.87. The van der Waals surface area contributed by atoms with Crippen molar-refractivity contribution in [1.82, 2.24) is 14.7 Å². The normalized spacial score (nSPS) is 19.8. The Balaban J connectivity index is 0.00000281. The Kier molecular flexibility index (Phi) is 12.3. The van der Waals surface area contributed by atoms with Crippen LogP contribution in [0.15, 0.2) is 71.6 Å². The van der Waals surface area contributed by atoms with Crippen LogP contribution >= 0.6 is 24.8 Å². The first-order valence-electron chi connectivity index (χ1n) is 16.0. The fourth-order valence-electron chi connectivity index (χ4n) is 6.82. The number of hydrogen-bond donors (Lipinski definition) is 0. The molecular formula is C35H41Cl2N5O7S. The first-order chi connectivity index (χ1) is 23.1. The smallest absolute Gasteiger partial charge is 0.411 e. The van der Waals surface area contributed by atoms with Crippen LogP contribution in [0.1, 0.15) is 36.5 Å². The summed E-state index contributed by atoms with van der Waals surface area (Å²) in [5, 5.41) is 9.48. The summed E-state index contributed by atoms with van der Waals surface area (Å²) in [4.78, 5) is 35.2. The van der Waals surface area contributed by atoms with Crippen LogP contribution < -0.4 is 13.8 Å². The number of likely N-dealkylation sites (tertiary alicyclic amines) is 1. The first-order valence-corrected chi connectivity index (χ1v) is 17.5. The summed E-state index contributed by atoms with van der Waals surface area (Å²) in [6.07, 6.45) is 1.37. The Hall–Kier alpha value is -4.06. The Morgan fingerprint density at radius 1 is 0.940 bits per heavy atom. The van der Waals surface area contributed by atoms with Crippen LogP contribution in [0, 0.1) is 11.3 Å². The summed E-state index contributed by atoms with van der Waals surface area (Å²) < 4.78 is 47.1. The lowest BCUT2D eigenvalue weighted by atomic mass is 9.86. The van der Waals surface area contributed by atoms with Crippen LogP contribution in [0.25, 0.3) is 0 Å². The zero-order valence-electron chi connectivity index (χ0n) is 28.1. The third kappa shape index (κ3) is 6.95. The molecule has 50 heavy (non-hydrogen) atoms. The fraction of sp³-hybridized carbons (Fsp3) is 0.400. The first kappa shape index (κ1) is 38.7. The van der Waals surface area contributed by atoms with E-state index in [0.717, 1.165) is 25.9 Å². The number of nitriles is 1. The minimum atomic E-state index is -4.61. The fourth-order valence-corrected chi connectivity index (χ4v) is 8.32. The van der Waals surface area contributed by atoms with Crippen molar-refractivity contribution in [2.24, 2.45) is 0 Å². The highest BCUT2D eigenvalue weighted by molar-refractivity contribution is 7.93. The van der Waals surface area contributed by atoms with Gasteiger partial charge in [-0.1, -0.05) is 24.3 Å². The molecule has 0 N–H and O–H groups in total. The maximum Gasteiger partial charge on any atom is 0.411 e. The van der Waals surface area contributed by atoms with E-state index in [2.05, 4.69) is 16.8 Å². The van der Waals surface area contributed by atoms with Crippen molar-refractivity contribution >= 4 is 52.5 Å². The number of benzene rings is 3. The van der Waals surface area contributed by atoms with Crippen molar-refractivity contribution in [3.05, 3.63) is 83.4 Å².